The van der Waals surface area contributed by atoms with Crippen molar-refractivity contribution in [3.05, 3.63) is 0 Å². The number of rotatable bonds is 6. The first kappa shape index (κ1) is 13.8. The Labute approximate surface area is 87.8 Å². The molecule has 0 spiro atoms. The summed E-state index contributed by atoms with van der Waals surface area (Å²) in [4.78, 5) is 22.2. The van der Waals surface area contributed by atoms with Gasteiger partial charge in [-0.15, -0.1) is 0 Å². The highest BCUT2D eigenvalue weighted by molar-refractivity contribution is 7.85. The highest BCUT2D eigenvalue weighted by Gasteiger charge is 2.13. The first-order valence-corrected chi connectivity index (χ1v) is 5.85. The Morgan fingerprint density at radius 2 is 1.93 bits per heavy atom. The van der Waals surface area contributed by atoms with Crippen molar-refractivity contribution in [2.24, 2.45) is 0 Å². The van der Waals surface area contributed by atoms with Crippen molar-refractivity contribution >= 4 is 22.0 Å². The van der Waals surface area contributed by atoms with E-state index in [2.05, 4.69) is 4.18 Å². The Morgan fingerprint density at radius 3 is 2.27 bits per heavy atom. The van der Waals surface area contributed by atoms with Crippen LogP contribution in [-0.4, -0.2) is 56.3 Å². The van der Waals surface area contributed by atoms with Gasteiger partial charge in [0.1, 0.15) is 6.54 Å². The second kappa shape index (κ2) is 5.66. The number of carboxylic acids is 1. The summed E-state index contributed by atoms with van der Waals surface area (Å²) in [5.41, 5.74) is 0. The van der Waals surface area contributed by atoms with E-state index >= 15 is 0 Å². The molecule has 0 unspecified atom stereocenters. The highest BCUT2D eigenvalue weighted by atomic mass is 32.2. The highest BCUT2D eigenvalue weighted by Crippen LogP contribution is 1.92. The second-order valence-corrected chi connectivity index (χ2v) is 4.50. The van der Waals surface area contributed by atoms with Crippen molar-refractivity contribution in [1.29, 1.82) is 0 Å². The van der Waals surface area contributed by atoms with Gasteiger partial charge in [-0.3, -0.25) is 13.8 Å². The van der Waals surface area contributed by atoms with E-state index in [4.69, 9.17) is 5.11 Å². The van der Waals surface area contributed by atoms with E-state index in [1.165, 1.54) is 6.92 Å². The molecule has 1 amide bonds. The minimum atomic E-state index is -3.56. The molecular formula is C7H13NO6S. The Morgan fingerprint density at radius 1 is 1.40 bits per heavy atom. The molecule has 0 aromatic rings. The van der Waals surface area contributed by atoms with Crippen molar-refractivity contribution in [3.8, 4) is 0 Å². The fourth-order valence-corrected chi connectivity index (χ4v) is 1.19. The number of carboxylic acid groups (broad SMARTS) is 1. The predicted octanol–water partition coefficient (Wildman–Crippen LogP) is -1.10. The zero-order valence-electron chi connectivity index (χ0n) is 8.47. The van der Waals surface area contributed by atoms with Gasteiger partial charge in [-0.05, 0) is 0 Å². The summed E-state index contributed by atoms with van der Waals surface area (Å²) in [5, 5.41) is 8.44. The molecule has 0 aliphatic heterocycles. The largest absolute Gasteiger partial charge is 0.480 e. The zero-order valence-corrected chi connectivity index (χ0v) is 9.28. The van der Waals surface area contributed by atoms with Crippen LogP contribution in [0, 0.1) is 0 Å². The monoisotopic (exact) mass is 239 g/mol. The van der Waals surface area contributed by atoms with Crippen LogP contribution in [0.3, 0.4) is 0 Å². The van der Waals surface area contributed by atoms with E-state index in [0.717, 1.165) is 11.2 Å². The molecule has 0 aromatic heterocycles. The van der Waals surface area contributed by atoms with Crippen molar-refractivity contribution in [2.45, 2.75) is 6.92 Å². The van der Waals surface area contributed by atoms with Gasteiger partial charge in [0.25, 0.3) is 10.1 Å². The standard InChI is InChI=1S/C7H13NO6S/c1-6(9)8(5-7(10)11)3-4-14-15(2,12)13/h3-5H2,1-2H3,(H,10,11). The summed E-state index contributed by atoms with van der Waals surface area (Å²) in [7, 11) is -3.56. The third kappa shape index (κ3) is 7.89. The molecule has 0 aromatic carbocycles. The maximum atomic E-state index is 10.9. The lowest BCUT2D eigenvalue weighted by Crippen LogP contribution is -2.36. The summed E-state index contributed by atoms with van der Waals surface area (Å²) < 4.78 is 25.5. The van der Waals surface area contributed by atoms with Crippen LogP contribution in [0.4, 0.5) is 0 Å². The minimum absolute atomic E-state index is 0.0747. The van der Waals surface area contributed by atoms with Crippen molar-refractivity contribution in [3.63, 3.8) is 0 Å². The fraction of sp³-hybridized carbons (Fsp3) is 0.714. The van der Waals surface area contributed by atoms with Crippen LogP contribution in [0.5, 0.6) is 0 Å². The lowest BCUT2D eigenvalue weighted by atomic mass is 10.4. The van der Waals surface area contributed by atoms with Crippen LogP contribution in [0.25, 0.3) is 0 Å². The number of amides is 1. The molecule has 7 nitrogen and oxygen atoms in total. The number of aliphatic carboxylic acids is 1. The van der Waals surface area contributed by atoms with E-state index in [9.17, 15) is 18.0 Å². The lowest BCUT2D eigenvalue weighted by molar-refractivity contribution is -0.143. The SMILES string of the molecule is CC(=O)N(CCOS(C)(=O)=O)CC(=O)O. The zero-order chi connectivity index (χ0) is 12.1. The molecule has 0 fully saturated rings. The van der Waals surface area contributed by atoms with E-state index in [0.29, 0.717) is 0 Å². The molecule has 1 N–H and O–H groups in total. The summed E-state index contributed by atoms with van der Waals surface area (Å²) in [6.45, 7) is 0.409. The van der Waals surface area contributed by atoms with Gasteiger partial charge in [0.2, 0.25) is 5.91 Å². The first-order valence-electron chi connectivity index (χ1n) is 4.04. The Kier molecular flexibility index (Phi) is 5.23. The average Bonchev–Trinajstić information content (AvgIpc) is 1.99. The normalized spacial score (nSPS) is 11.1. The van der Waals surface area contributed by atoms with Crippen molar-refractivity contribution in [2.75, 3.05) is 26.0 Å². The third-order valence-corrected chi connectivity index (χ3v) is 2.02. The molecule has 15 heavy (non-hydrogen) atoms. The van der Waals surface area contributed by atoms with Crippen LogP contribution in [0.1, 0.15) is 6.92 Å². The molecule has 0 radical (unpaired) electrons. The Balaban J connectivity index is 4.09. The molecule has 0 heterocycles. The molecule has 0 aliphatic rings. The summed E-state index contributed by atoms with van der Waals surface area (Å²) in [5.74, 6) is -1.61. The smallest absolute Gasteiger partial charge is 0.323 e. The molecule has 88 valence electrons. The lowest BCUT2D eigenvalue weighted by Gasteiger charge is -2.17. The van der Waals surface area contributed by atoms with E-state index in [1.807, 2.05) is 0 Å². The van der Waals surface area contributed by atoms with E-state index in [1.54, 1.807) is 0 Å². The maximum absolute atomic E-state index is 10.9. The van der Waals surface area contributed by atoms with Gasteiger partial charge in [0, 0.05) is 13.5 Å². The number of nitrogens with zero attached hydrogens (tertiary/aromatic N) is 1. The fourth-order valence-electron chi connectivity index (χ4n) is 0.810. The minimum Gasteiger partial charge on any atom is -0.480 e. The topological polar surface area (TPSA) is 101 Å². The predicted molar refractivity (Wildman–Crippen MR) is 50.7 cm³/mol. The van der Waals surface area contributed by atoms with Crippen LogP contribution in [0.2, 0.25) is 0 Å². The van der Waals surface area contributed by atoms with E-state index in [-0.39, 0.29) is 13.2 Å². The van der Waals surface area contributed by atoms with E-state index < -0.39 is 28.5 Å². The second-order valence-electron chi connectivity index (χ2n) is 2.86. The van der Waals surface area contributed by atoms with Crippen molar-refractivity contribution < 1.29 is 27.3 Å². The molecule has 0 saturated carbocycles. The quantitative estimate of drug-likeness (QED) is 0.590. The van der Waals surface area contributed by atoms with Gasteiger partial charge < -0.3 is 10.0 Å². The molecule has 0 bridgehead atoms. The number of hydrogen-bond donors (Lipinski definition) is 1. The van der Waals surface area contributed by atoms with Crippen LogP contribution < -0.4 is 0 Å². The van der Waals surface area contributed by atoms with Crippen LogP contribution in [0.15, 0.2) is 0 Å². The molecule has 0 rings (SSSR count). The Bertz CT molecular complexity index is 335. The molecule has 0 atom stereocenters. The van der Waals surface area contributed by atoms with Gasteiger partial charge >= 0.3 is 5.97 Å². The molecule has 0 aliphatic carbocycles. The van der Waals surface area contributed by atoms with Crippen molar-refractivity contribution in [1.82, 2.24) is 4.90 Å². The molecule has 8 heteroatoms. The van der Waals surface area contributed by atoms with Gasteiger partial charge in [-0.25, -0.2) is 0 Å². The summed E-state index contributed by atoms with van der Waals surface area (Å²) in [6.07, 6.45) is 0.877. The first-order chi connectivity index (χ1) is 6.72. The summed E-state index contributed by atoms with van der Waals surface area (Å²) >= 11 is 0. The number of hydrogen-bond acceptors (Lipinski definition) is 5. The average molecular weight is 239 g/mol. The van der Waals surface area contributed by atoms with Crippen LogP contribution >= 0.6 is 0 Å². The third-order valence-electron chi connectivity index (χ3n) is 1.43. The van der Waals surface area contributed by atoms with Gasteiger partial charge in [-0.2, -0.15) is 8.42 Å². The molecule has 0 saturated heterocycles. The van der Waals surface area contributed by atoms with Gasteiger partial charge in [0.15, 0.2) is 0 Å². The summed E-state index contributed by atoms with van der Waals surface area (Å²) in [6, 6.07) is 0. The van der Waals surface area contributed by atoms with Gasteiger partial charge in [-0.1, -0.05) is 0 Å². The number of carbonyl (C=O) groups excluding carboxylic acids is 1. The van der Waals surface area contributed by atoms with Crippen LogP contribution in [-0.2, 0) is 23.9 Å². The molecular weight excluding hydrogens is 226 g/mol. The number of carbonyl (C=O) groups is 2. The van der Waals surface area contributed by atoms with Gasteiger partial charge in [0.05, 0.1) is 12.9 Å². The Hall–Kier alpha value is -1.15. The maximum Gasteiger partial charge on any atom is 0.323 e.